The van der Waals surface area contributed by atoms with Crippen LogP contribution in [0.2, 0.25) is 10.0 Å². The fraction of sp³-hybridized carbons (Fsp3) is 0. The van der Waals surface area contributed by atoms with Gasteiger partial charge in [-0.15, -0.1) is 0 Å². The fourth-order valence-electron chi connectivity index (χ4n) is 1.38. The van der Waals surface area contributed by atoms with Crippen LogP contribution in [-0.4, -0.2) is 0 Å². The number of nitrogens with two attached hydrogens (primary N) is 1. The lowest BCUT2D eigenvalue weighted by molar-refractivity contribution is 1.53. The summed E-state index contributed by atoms with van der Waals surface area (Å²) >= 11 is 15.4. The molecule has 0 amide bonds. The van der Waals surface area contributed by atoms with Crippen molar-refractivity contribution in [1.82, 2.24) is 0 Å². The molecule has 0 aliphatic heterocycles. The van der Waals surface area contributed by atoms with E-state index in [1.165, 1.54) is 0 Å². The Labute approximate surface area is 118 Å². The summed E-state index contributed by atoms with van der Waals surface area (Å²) in [6, 6.07) is 10.8. The van der Waals surface area contributed by atoms with E-state index in [1.54, 1.807) is 18.2 Å². The molecular weight excluding hydrogens is 323 g/mol. The molecule has 2 nitrogen and oxygen atoms in total. The molecule has 0 saturated carbocycles. The summed E-state index contributed by atoms with van der Waals surface area (Å²) in [5, 5.41) is 4.36. The van der Waals surface area contributed by atoms with Gasteiger partial charge in [-0.2, -0.15) is 0 Å². The number of rotatable bonds is 2. The van der Waals surface area contributed by atoms with E-state index in [-0.39, 0.29) is 0 Å². The largest absolute Gasteiger partial charge is 0.397 e. The summed E-state index contributed by atoms with van der Waals surface area (Å²) in [6.07, 6.45) is 0. The number of nitrogen functional groups attached to an aromatic ring is 1. The highest BCUT2D eigenvalue weighted by atomic mass is 79.9. The van der Waals surface area contributed by atoms with E-state index in [0.717, 1.165) is 15.8 Å². The van der Waals surface area contributed by atoms with Crippen molar-refractivity contribution in [2.45, 2.75) is 0 Å². The number of benzene rings is 2. The molecule has 2 aromatic rings. The lowest BCUT2D eigenvalue weighted by atomic mass is 10.2. The first-order valence-electron chi connectivity index (χ1n) is 4.83. The van der Waals surface area contributed by atoms with Crippen molar-refractivity contribution >= 4 is 56.2 Å². The van der Waals surface area contributed by atoms with Crippen LogP contribution < -0.4 is 11.1 Å². The Balaban J connectivity index is 2.37. The van der Waals surface area contributed by atoms with Crippen LogP contribution in [0.4, 0.5) is 17.1 Å². The van der Waals surface area contributed by atoms with Crippen molar-refractivity contribution < 1.29 is 0 Å². The molecule has 0 bridgehead atoms. The van der Waals surface area contributed by atoms with Crippen LogP contribution in [0.3, 0.4) is 0 Å². The SMILES string of the molecule is Nc1ccc(Br)cc1Nc1cc(Cl)ccc1Cl. The van der Waals surface area contributed by atoms with Gasteiger partial charge in [-0.05, 0) is 36.4 Å². The number of hydrogen-bond acceptors (Lipinski definition) is 2. The van der Waals surface area contributed by atoms with Gasteiger partial charge in [-0.25, -0.2) is 0 Å². The van der Waals surface area contributed by atoms with Gasteiger partial charge in [-0.1, -0.05) is 39.1 Å². The Morgan fingerprint density at radius 3 is 2.53 bits per heavy atom. The van der Waals surface area contributed by atoms with E-state index >= 15 is 0 Å². The van der Waals surface area contributed by atoms with Gasteiger partial charge in [0.25, 0.3) is 0 Å². The van der Waals surface area contributed by atoms with Crippen LogP contribution in [0.25, 0.3) is 0 Å². The van der Waals surface area contributed by atoms with Crippen molar-refractivity contribution in [3.05, 3.63) is 50.9 Å². The fourth-order valence-corrected chi connectivity index (χ4v) is 2.07. The molecule has 17 heavy (non-hydrogen) atoms. The normalized spacial score (nSPS) is 10.3. The highest BCUT2D eigenvalue weighted by molar-refractivity contribution is 9.10. The van der Waals surface area contributed by atoms with E-state index in [1.807, 2.05) is 18.2 Å². The molecule has 0 spiro atoms. The lowest BCUT2D eigenvalue weighted by Crippen LogP contribution is -1.96. The standard InChI is InChI=1S/C12H9BrCl2N2/c13-7-1-4-10(16)12(5-7)17-11-6-8(14)2-3-9(11)15/h1-6,17H,16H2. The first kappa shape index (κ1) is 12.6. The summed E-state index contributed by atoms with van der Waals surface area (Å²) < 4.78 is 0.937. The molecule has 0 saturated heterocycles. The zero-order valence-electron chi connectivity index (χ0n) is 8.68. The molecular formula is C12H9BrCl2N2. The summed E-state index contributed by atoms with van der Waals surface area (Å²) in [4.78, 5) is 0. The number of hydrogen-bond donors (Lipinski definition) is 2. The van der Waals surface area contributed by atoms with Crippen LogP contribution in [0.1, 0.15) is 0 Å². The molecule has 0 aliphatic carbocycles. The molecule has 2 rings (SSSR count). The average Bonchev–Trinajstić information content (AvgIpc) is 2.28. The van der Waals surface area contributed by atoms with Crippen molar-refractivity contribution in [2.75, 3.05) is 11.1 Å². The maximum Gasteiger partial charge on any atom is 0.0642 e. The van der Waals surface area contributed by atoms with Crippen LogP contribution in [0.5, 0.6) is 0 Å². The Morgan fingerprint density at radius 2 is 1.76 bits per heavy atom. The summed E-state index contributed by atoms with van der Waals surface area (Å²) in [6.45, 7) is 0. The van der Waals surface area contributed by atoms with Gasteiger partial charge in [0, 0.05) is 9.50 Å². The highest BCUT2D eigenvalue weighted by Gasteiger charge is 2.05. The minimum atomic E-state index is 0.591. The lowest BCUT2D eigenvalue weighted by Gasteiger charge is -2.11. The van der Waals surface area contributed by atoms with Gasteiger partial charge in [0.2, 0.25) is 0 Å². The van der Waals surface area contributed by atoms with Crippen molar-refractivity contribution in [1.29, 1.82) is 0 Å². The molecule has 5 heteroatoms. The molecule has 0 aromatic heterocycles. The minimum absolute atomic E-state index is 0.591. The monoisotopic (exact) mass is 330 g/mol. The Kier molecular flexibility index (Phi) is 3.82. The van der Waals surface area contributed by atoms with E-state index < -0.39 is 0 Å². The zero-order chi connectivity index (χ0) is 12.4. The third kappa shape index (κ3) is 3.06. The van der Waals surface area contributed by atoms with Gasteiger partial charge in [0.05, 0.1) is 22.1 Å². The maximum absolute atomic E-state index is 6.06. The molecule has 0 fully saturated rings. The molecule has 2 aromatic carbocycles. The third-order valence-corrected chi connectivity index (χ3v) is 3.27. The minimum Gasteiger partial charge on any atom is -0.397 e. The zero-order valence-corrected chi connectivity index (χ0v) is 11.8. The first-order valence-corrected chi connectivity index (χ1v) is 6.38. The van der Waals surface area contributed by atoms with Gasteiger partial charge in [0.1, 0.15) is 0 Å². The van der Waals surface area contributed by atoms with E-state index in [4.69, 9.17) is 28.9 Å². The number of halogens is 3. The van der Waals surface area contributed by atoms with Gasteiger partial charge < -0.3 is 11.1 Å². The molecule has 0 radical (unpaired) electrons. The van der Waals surface area contributed by atoms with E-state index in [2.05, 4.69) is 21.2 Å². The molecule has 0 heterocycles. The Morgan fingerprint density at radius 1 is 1.00 bits per heavy atom. The van der Waals surface area contributed by atoms with E-state index in [0.29, 0.717) is 15.7 Å². The average molecular weight is 332 g/mol. The van der Waals surface area contributed by atoms with Gasteiger partial charge in [-0.3, -0.25) is 0 Å². The van der Waals surface area contributed by atoms with Crippen molar-refractivity contribution in [2.24, 2.45) is 0 Å². The second-order valence-electron chi connectivity index (χ2n) is 3.48. The van der Waals surface area contributed by atoms with E-state index in [9.17, 15) is 0 Å². The molecule has 0 aliphatic rings. The van der Waals surface area contributed by atoms with Crippen LogP contribution in [-0.2, 0) is 0 Å². The third-order valence-electron chi connectivity index (χ3n) is 2.21. The summed E-state index contributed by atoms with van der Waals surface area (Å²) in [7, 11) is 0. The number of nitrogens with one attached hydrogen (secondary N) is 1. The Hall–Kier alpha value is -0.900. The maximum atomic E-state index is 6.06. The molecule has 88 valence electrons. The predicted molar refractivity (Wildman–Crippen MR) is 78.3 cm³/mol. The smallest absolute Gasteiger partial charge is 0.0642 e. The van der Waals surface area contributed by atoms with Crippen molar-refractivity contribution in [3.63, 3.8) is 0 Å². The summed E-state index contributed by atoms with van der Waals surface area (Å²) in [5.74, 6) is 0. The number of anilines is 3. The summed E-state index contributed by atoms with van der Waals surface area (Å²) in [5.41, 5.74) is 8.02. The van der Waals surface area contributed by atoms with Gasteiger partial charge in [0.15, 0.2) is 0 Å². The van der Waals surface area contributed by atoms with Gasteiger partial charge >= 0.3 is 0 Å². The molecule has 0 atom stereocenters. The second-order valence-corrected chi connectivity index (χ2v) is 5.24. The molecule has 3 N–H and O–H groups in total. The second kappa shape index (κ2) is 5.17. The van der Waals surface area contributed by atoms with Crippen LogP contribution in [0, 0.1) is 0 Å². The topological polar surface area (TPSA) is 38.0 Å². The first-order chi connectivity index (χ1) is 8.06. The highest BCUT2D eigenvalue weighted by Crippen LogP contribution is 2.32. The Bertz CT molecular complexity index is 509. The molecule has 0 unspecified atom stereocenters. The van der Waals surface area contributed by atoms with Crippen LogP contribution >= 0.6 is 39.1 Å². The van der Waals surface area contributed by atoms with Crippen LogP contribution in [0.15, 0.2) is 40.9 Å². The van der Waals surface area contributed by atoms with Crippen molar-refractivity contribution in [3.8, 4) is 0 Å². The predicted octanol–water partition coefficient (Wildman–Crippen LogP) is 5.08. The quantitative estimate of drug-likeness (QED) is 0.753.